The SMILES string of the molecule is C/C=C\c1c(C)c(Cl)cc(C)c1Br. The first kappa shape index (κ1) is 10.8. The van der Waals surface area contributed by atoms with Gasteiger partial charge in [-0.1, -0.05) is 23.8 Å². The predicted octanol–water partition coefficient (Wildman–Crippen LogP) is 4.75. The van der Waals surface area contributed by atoms with Gasteiger partial charge >= 0.3 is 0 Å². The zero-order valence-corrected chi connectivity index (χ0v) is 10.3. The minimum absolute atomic E-state index is 0.828. The van der Waals surface area contributed by atoms with Crippen molar-refractivity contribution in [2.45, 2.75) is 20.8 Å². The summed E-state index contributed by atoms with van der Waals surface area (Å²) in [5.41, 5.74) is 3.47. The third-order valence-corrected chi connectivity index (χ3v) is 3.47. The summed E-state index contributed by atoms with van der Waals surface area (Å²) in [4.78, 5) is 0. The molecule has 0 N–H and O–H groups in total. The molecule has 0 aliphatic heterocycles. The number of allylic oxidation sites excluding steroid dienone is 1. The van der Waals surface area contributed by atoms with E-state index in [9.17, 15) is 0 Å². The molecule has 0 saturated heterocycles. The Balaban J connectivity index is 3.46. The van der Waals surface area contributed by atoms with E-state index in [2.05, 4.69) is 22.0 Å². The van der Waals surface area contributed by atoms with E-state index >= 15 is 0 Å². The molecule has 0 aliphatic carbocycles. The molecule has 0 unspecified atom stereocenters. The van der Waals surface area contributed by atoms with Crippen LogP contribution < -0.4 is 0 Å². The van der Waals surface area contributed by atoms with Crippen molar-refractivity contribution >= 4 is 33.6 Å². The van der Waals surface area contributed by atoms with Crippen molar-refractivity contribution in [2.75, 3.05) is 0 Å². The minimum atomic E-state index is 0.828. The van der Waals surface area contributed by atoms with Crippen molar-refractivity contribution in [3.63, 3.8) is 0 Å². The van der Waals surface area contributed by atoms with E-state index in [-0.39, 0.29) is 0 Å². The highest BCUT2D eigenvalue weighted by atomic mass is 79.9. The second-order valence-corrected chi connectivity index (χ2v) is 4.23. The van der Waals surface area contributed by atoms with E-state index in [1.54, 1.807) is 0 Å². The van der Waals surface area contributed by atoms with Gasteiger partial charge in [0.05, 0.1) is 0 Å². The Morgan fingerprint density at radius 3 is 2.54 bits per heavy atom. The van der Waals surface area contributed by atoms with Crippen LogP contribution in [-0.2, 0) is 0 Å². The number of rotatable bonds is 1. The quantitative estimate of drug-likeness (QED) is 0.682. The highest BCUT2D eigenvalue weighted by molar-refractivity contribution is 9.10. The third kappa shape index (κ3) is 2.15. The van der Waals surface area contributed by atoms with Gasteiger partial charge in [-0.05, 0) is 59.5 Å². The number of aryl methyl sites for hydroxylation is 1. The Labute approximate surface area is 92.7 Å². The third-order valence-electron chi connectivity index (χ3n) is 2.02. The highest BCUT2D eigenvalue weighted by Crippen LogP contribution is 2.31. The van der Waals surface area contributed by atoms with Crippen LogP contribution in [0.3, 0.4) is 0 Å². The van der Waals surface area contributed by atoms with Gasteiger partial charge in [-0.2, -0.15) is 0 Å². The van der Waals surface area contributed by atoms with Gasteiger partial charge in [0.2, 0.25) is 0 Å². The topological polar surface area (TPSA) is 0 Å². The molecular formula is C11H12BrCl. The molecule has 13 heavy (non-hydrogen) atoms. The second kappa shape index (κ2) is 4.30. The molecule has 0 aliphatic rings. The Kier molecular flexibility index (Phi) is 3.57. The lowest BCUT2D eigenvalue weighted by molar-refractivity contribution is 1.34. The summed E-state index contributed by atoms with van der Waals surface area (Å²) in [5, 5.41) is 0.828. The lowest BCUT2D eigenvalue weighted by atomic mass is 10.1. The fourth-order valence-electron chi connectivity index (χ4n) is 1.23. The van der Waals surface area contributed by atoms with Gasteiger partial charge in [0.1, 0.15) is 0 Å². The molecule has 2 heteroatoms. The largest absolute Gasteiger partial charge is 0.0870 e. The van der Waals surface area contributed by atoms with E-state index in [1.807, 2.05) is 32.9 Å². The molecule has 0 saturated carbocycles. The summed E-state index contributed by atoms with van der Waals surface area (Å²) >= 11 is 9.63. The maximum Gasteiger partial charge on any atom is 0.0444 e. The van der Waals surface area contributed by atoms with Gasteiger partial charge in [0.15, 0.2) is 0 Å². The van der Waals surface area contributed by atoms with Crippen LogP contribution in [0.5, 0.6) is 0 Å². The predicted molar refractivity (Wildman–Crippen MR) is 63.3 cm³/mol. The molecule has 0 radical (unpaired) electrons. The summed E-state index contributed by atoms with van der Waals surface area (Å²) in [6.45, 7) is 6.08. The summed E-state index contributed by atoms with van der Waals surface area (Å²) in [6, 6.07) is 1.98. The minimum Gasteiger partial charge on any atom is -0.0870 e. The Morgan fingerprint density at radius 1 is 1.38 bits per heavy atom. The molecule has 0 heterocycles. The van der Waals surface area contributed by atoms with Gasteiger partial charge < -0.3 is 0 Å². The van der Waals surface area contributed by atoms with Gasteiger partial charge in [-0.15, -0.1) is 0 Å². The van der Waals surface area contributed by atoms with Crippen LogP contribution in [0.2, 0.25) is 5.02 Å². The van der Waals surface area contributed by atoms with Gasteiger partial charge in [-0.3, -0.25) is 0 Å². The van der Waals surface area contributed by atoms with Crippen molar-refractivity contribution in [3.05, 3.63) is 38.3 Å². The molecule has 0 atom stereocenters. The van der Waals surface area contributed by atoms with Crippen molar-refractivity contribution in [3.8, 4) is 0 Å². The molecule has 0 bridgehead atoms. The lowest BCUT2D eigenvalue weighted by Gasteiger charge is -2.09. The molecule has 0 nitrogen and oxygen atoms in total. The molecule has 1 aromatic rings. The molecule has 1 aromatic carbocycles. The first-order chi connectivity index (χ1) is 6.07. The van der Waals surface area contributed by atoms with E-state index in [0.717, 1.165) is 15.1 Å². The number of hydrogen-bond donors (Lipinski definition) is 0. The monoisotopic (exact) mass is 258 g/mol. The van der Waals surface area contributed by atoms with Crippen LogP contribution in [0.4, 0.5) is 0 Å². The van der Waals surface area contributed by atoms with Crippen LogP contribution in [0.25, 0.3) is 6.08 Å². The standard InChI is InChI=1S/C11H12BrCl/c1-4-5-9-8(3)10(13)6-7(2)11(9)12/h4-6H,1-3H3/b5-4-. The summed E-state index contributed by atoms with van der Waals surface area (Å²) in [6.07, 6.45) is 4.08. The maximum absolute atomic E-state index is 6.07. The smallest absolute Gasteiger partial charge is 0.0444 e. The normalized spacial score (nSPS) is 11.2. The first-order valence-corrected chi connectivity index (χ1v) is 5.33. The van der Waals surface area contributed by atoms with Crippen LogP contribution in [0.15, 0.2) is 16.6 Å². The fraction of sp³-hybridized carbons (Fsp3) is 0.273. The molecule has 0 fully saturated rings. The van der Waals surface area contributed by atoms with Crippen LogP contribution in [0.1, 0.15) is 23.6 Å². The summed E-state index contributed by atoms with van der Waals surface area (Å²) in [5.74, 6) is 0. The van der Waals surface area contributed by atoms with Gasteiger partial charge in [-0.25, -0.2) is 0 Å². The maximum atomic E-state index is 6.07. The summed E-state index contributed by atoms with van der Waals surface area (Å²) < 4.78 is 1.13. The van der Waals surface area contributed by atoms with Gasteiger partial charge in [0.25, 0.3) is 0 Å². The van der Waals surface area contributed by atoms with Crippen molar-refractivity contribution < 1.29 is 0 Å². The average molecular weight is 260 g/mol. The second-order valence-electron chi connectivity index (χ2n) is 3.03. The molecule has 1 rings (SSSR count). The molecule has 0 amide bonds. The number of hydrogen-bond acceptors (Lipinski definition) is 0. The van der Waals surface area contributed by atoms with E-state index in [0.29, 0.717) is 0 Å². The lowest BCUT2D eigenvalue weighted by Crippen LogP contribution is -1.88. The molecule has 0 aromatic heterocycles. The van der Waals surface area contributed by atoms with E-state index in [1.165, 1.54) is 11.1 Å². The van der Waals surface area contributed by atoms with Crippen molar-refractivity contribution in [2.24, 2.45) is 0 Å². The van der Waals surface area contributed by atoms with E-state index in [4.69, 9.17) is 11.6 Å². The molecule has 0 spiro atoms. The highest BCUT2D eigenvalue weighted by Gasteiger charge is 2.07. The molecule has 70 valence electrons. The Morgan fingerprint density at radius 2 is 2.00 bits per heavy atom. The van der Waals surface area contributed by atoms with Crippen LogP contribution in [-0.4, -0.2) is 0 Å². The average Bonchev–Trinajstić information content (AvgIpc) is 2.09. The van der Waals surface area contributed by atoms with Crippen molar-refractivity contribution in [1.82, 2.24) is 0 Å². The van der Waals surface area contributed by atoms with Crippen molar-refractivity contribution in [1.29, 1.82) is 0 Å². The Hall–Kier alpha value is -0.270. The summed E-state index contributed by atoms with van der Waals surface area (Å²) in [7, 11) is 0. The van der Waals surface area contributed by atoms with Crippen LogP contribution >= 0.6 is 27.5 Å². The molecular weight excluding hydrogens is 247 g/mol. The zero-order valence-electron chi connectivity index (χ0n) is 7.99. The number of benzene rings is 1. The Bertz CT molecular complexity index is 327. The fourth-order valence-corrected chi connectivity index (χ4v) is 2.04. The van der Waals surface area contributed by atoms with Gasteiger partial charge in [0, 0.05) is 9.50 Å². The van der Waals surface area contributed by atoms with Crippen LogP contribution in [0, 0.1) is 13.8 Å². The zero-order chi connectivity index (χ0) is 10.0. The first-order valence-electron chi connectivity index (χ1n) is 4.15. The number of halogens is 2. The van der Waals surface area contributed by atoms with E-state index < -0.39 is 0 Å².